The predicted octanol–water partition coefficient (Wildman–Crippen LogP) is 3.25. The molecule has 1 saturated heterocycles. The van der Waals surface area contributed by atoms with E-state index in [1.165, 1.54) is 12.8 Å². The summed E-state index contributed by atoms with van der Waals surface area (Å²) in [4.78, 5) is 26.2. The molecule has 154 valence electrons. The molecule has 1 aromatic carbocycles. The maximum Gasteiger partial charge on any atom is 0.343 e. The van der Waals surface area contributed by atoms with Crippen molar-refractivity contribution in [3.63, 3.8) is 0 Å². The molecule has 4 rings (SSSR count). The quantitative estimate of drug-likeness (QED) is 0.736. The summed E-state index contributed by atoms with van der Waals surface area (Å²) in [5, 5.41) is 16.7. The number of carbonyl (C=O) groups excluding carboxylic acids is 1. The van der Waals surface area contributed by atoms with E-state index in [-0.39, 0.29) is 29.0 Å². The number of carbonyl (C=O) groups is 2. The Hall–Kier alpha value is -3.03. The van der Waals surface area contributed by atoms with Crippen LogP contribution in [0, 0.1) is 5.92 Å². The Morgan fingerprint density at radius 2 is 2.03 bits per heavy atom. The smallest absolute Gasteiger partial charge is 0.343 e. The molecular formula is C21H25N3O5. The van der Waals surface area contributed by atoms with Gasteiger partial charge in [0.15, 0.2) is 17.1 Å². The molecule has 1 amide bonds. The Balaban J connectivity index is 1.45. The highest BCUT2D eigenvalue weighted by atomic mass is 16.5. The number of hydrogen-bond donors (Lipinski definition) is 2. The SMILES string of the molecule is COc1ccc(-c2onc(NCC3CC(=O)N(C4CCCC4)C3)c2C(=O)O)cc1. The number of nitrogens with zero attached hydrogens (tertiary/aromatic N) is 2. The van der Waals surface area contributed by atoms with Gasteiger partial charge in [0.25, 0.3) is 0 Å². The molecule has 2 aliphatic rings. The predicted molar refractivity (Wildman–Crippen MR) is 106 cm³/mol. The van der Waals surface area contributed by atoms with E-state index in [9.17, 15) is 14.7 Å². The van der Waals surface area contributed by atoms with E-state index >= 15 is 0 Å². The third kappa shape index (κ3) is 3.92. The second-order valence-electron chi connectivity index (χ2n) is 7.70. The summed E-state index contributed by atoms with van der Waals surface area (Å²) >= 11 is 0. The zero-order chi connectivity index (χ0) is 20.4. The fourth-order valence-electron chi connectivity index (χ4n) is 4.30. The minimum Gasteiger partial charge on any atom is -0.497 e. The molecule has 2 heterocycles. The van der Waals surface area contributed by atoms with E-state index in [0.29, 0.717) is 36.9 Å². The second kappa shape index (κ2) is 8.14. The molecule has 2 N–H and O–H groups in total. The van der Waals surface area contributed by atoms with E-state index in [0.717, 1.165) is 12.8 Å². The molecule has 1 aliphatic heterocycles. The van der Waals surface area contributed by atoms with Gasteiger partial charge in [-0.25, -0.2) is 4.79 Å². The van der Waals surface area contributed by atoms with Crippen LogP contribution in [-0.4, -0.2) is 53.3 Å². The maximum atomic E-state index is 12.4. The number of carboxylic acids is 1. The van der Waals surface area contributed by atoms with Crippen LogP contribution in [0.1, 0.15) is 42.5 Å². The molecule has 2 fully saturated rings. The summed E-state index contributed by atoms with van der Waals surface area (Å²) in [5.41, 5.74) is 0.597. The lowest BCUT2D eigenvalue weighted by molar-refractivity contribution is -0.129. The van der Waals surface area contributed by atoms with Crippen molar-refractivity contribution in [3.05, 3.63) is 29.8 Å². The minimum atomic E-state index is -1.12. The van der Waals surface area contributed by atoms with E-state index in [1.54, 1.807) is 31.4 Å². The number of aromatic carboxylic acids is 1. The van der Waals surface area contributed by atoms with E-state index in [2.05, 4.69) is 10.5 Å². The topological polar surface area (TPSA) is 105 Å². The van der Waals surface area contributed by atoms with Gasteiger partial charge in [-0.15, -0.1) is 0 Å². The van der Waals surface area contributed by atoms with Gasteiger partial charge in [-0.2, -0.15) is 0 Å². The number of ether oxygens (including phenoxy) is 1. The first kappa shape index (κ1) is 19.3. The minimum absolute atomic E-state index is 0.00728. The highest BCUT2D eigenvalue weighted by molar-refractivity contribution is 5.99. The second-order valence-corrected chi connectivity index (χ2v) is 7.70. The van der Waals surface area contributed by atoms with Crippen LogP contribution in [0.15, 0.2) is 28.8 Å². The molecule has 1 aliphatic carbocycles. The lowest BCUT2D eigenvalue weighted by atomic mass is 10.1. The van der Waals surface area contributed by atoms with E-state index in [4.69, 9.17) is 9.26 Å². The Labute approximate surface area is 168 Å². The molecule has 0 spiro atoms. The first-order valence-corrected chi connectivity index (χ1v) is 9.97. The Bertz CT molecular complexity index is 886. The molecule has 1 unspecified atom stereocenters. The number of hydrogen-bond acceptors (Lipinski definition) is 6. The summed E-state index contributed by atoms with van der Waals surface area (Å²) in [6, 6.07) is 7.29. The fraction of sp³-hybridized carbons (Fsp3) is 0.476. The van der Waals surface area contributed by atoms with Crippen molar-refractivity contribution in [2.75, 3.05) is 25.5 Å². The third-order valence-corrected chi connectivity index (χ3v) is 5.82. The van der Waals surface area contributed by atoms with Crippen molar-refractivity contribution in [3.8, 4) is 17.1 Å². The summed E-state index contributed by atoms with van der Waals surface area (Å²) in [6.45, 7) is 1.19. The Morgan fingerprint density at radius 3 is 2.69 bits per heavy atom. The number of aromatic nitrogens is 1. The third-order valence-electron chi connectivity index (χ3n) is 5.82. The standard InChI is InChI=1S/C21H25N3O5/c1-28-16-8-6-14(7-9-16)19-18(21(26)27)20(23-29-19)22-11-13-10-17(25)24(12-13)15-4-2-3-5-15/h6-9,13,15H,2-5,10-12H2,1H3,(H,22,23)(H,26,27). The number of methoxy groups -OCH3 is 1. The molecule has 8 heteroatoms. The number of carboxylic acid groups (broad SMARTS) is 1. The van der Waals surface area contributed by atoms with Gasteiger partial charge in [0, 0.05) is 37.0 Å². The highest BCUT2D eigenvalue weighted by Gasteiger charge is 2.35. The Morgan fingerprint density at radius 1 is 1.31 bits per heavy atom. The van der Waals surface area contributed by atoms with Crippen LogP contribution in [0.4, 0.5) is 5.82 Å². The molecule has 1 atom stereocenters. The molecule has 1 saturated carbocycles. The van der Waals surface area contributed by atoms with Gasteiger partial charge < -0.3 is 24.6 Å². The first-order chi connectivity index (χ1) is 14.1. The zero-order valence-corrected chi connectivity index (χ0v) is 16.4. The van der Waals surface area contributed by atoms with Crippen LogP contribution >= 0.6 is 0 Å². The van der Waals surface area contributed by atoms with Crippen LogP contribution in [0.5, 0.6) is 5.75 Å². The number of nitrogens with one attached hydrogen (secondary N) is 1. The number of rotatable bonds is 7. The van der Waals surface area contributed by atoms with Gasteiger partial charge in [-0.1, -0.05) is 18.0 Å². The summed E-state index contributed by atoms with van der Waals surface area (Å²) in [6.07, 6.45) is 5.03. The van der Waals surface area contributed by atoms with Crippen molar-refractivity contribution < 1.29 is 24.0 Å². The van der Waals surface area contributed by atoms with Crippen LogP contribution in [-0.2, 0) is 4.79 Å². The molecule has 1 aromatic heterocycles. The molecular weight excluding hydrogens is 374 g/mol. The average Bonchev–Trinajstić information content (AvgIpc) is 3.45. The summed E-state index contributed by atoms with van der Waals surface area (Å²) in [5.74, 6) is 0.260. The maximum absolute atomic E-state index is 12.4. The van der Waals surface area contributed by atoms with Gasteiger partial charge in [0.05, 0.1) is 7.11 Å². The van der Waals surface area contributed by atoms with Gasteiger partial charge >= 0.3 is 5.97 Å². The van der Waals surface area contributed by atoms with Crippen LogP contribution in [0.3, 0.4) is 0 Å². The van der Waals surface area contributed by atoms with Crippen molar-refractivity contribution in [1.82, 2.24) is 10.1 Å². The Kier molecular flexibility index (Phi) is 5.42. The monoisotopic (exact) mass is 399 g/mol. The number of anilines is 1. The van der Waals surface area contributed by atoms with Gasteiger partial charge in [-0.3, -0.25) is 4.79 Å². The van der Waals surface area contributed by atoms with Crippen LogP contribution in [0.2, 0.25) is 0 Å². The van der Waals surface area contributed by atoms with Crippen LogP contribution < -0.4 is 10.1 Å². The summed E-state index contributed by atoms with van der Waals surface area (Å²) in [7, 11) is 1.57. The normalized spacial score (nSPS) is 19.7. The van der Waals surface area contributed by atoms with Crippen molar-refractivity contribution in [2.45, 2.75) is 38.1 Å². The van der Waals surface area contributed by atoms with Gasteiger partial charge in [-0.05, 0) is 37.1 Å². The van der Waals surface area contributed by atoms with E-state index in [1.807, 2.05) is 4.90 Å². The fourth-order valence-corrected chi connectivity index (χ4v) is 4.30. The molecule has 8 nitrogen and oxygen atoms in total. The van der Waals surface area contributed by atoms with Gasteiger partial charge in [0.1, 0.15) is 5.75 Å². The van der Waals surface area contributed by atoms with Crippen LogP contribution in [0.25, 0.3) is 11.3 Å². The lowest BCUT2D eigenvalue weighted by Gasteiger charge is -2.24. The number of amides is 1. The molecule has 0 radical (unpaired) electrons. The average molecular weight is 399 g/mol. The molecule has 0 bridgehead atoms. The number of benzene rings is 1. The number of likely N-dealkylation sites (tertiary alicyclic amines) is 1. The van der Waals surface area contributed by atoms with Gasteiger partial charge in [0.2, 0.25) is 5.91 Å². The largest absolute Gasteiger partial charge is 0.497 e. The van der Waals surface area contributed by atoms with Crippen molar-refractivity contribution >= 4 is 17.7 Å². The molecule has 29 heavy (non-hydrogen) atoms. The van der Waals surface area contributed by atoms with E-state index < -0.39 is 5.97 Å². The van der Waals surface area contributed by atoms with Crippen molar-refractivity contribution in [2.24, 2.45) is 5.92 Å². The zero-order valence-electron chi connectivity index (χ0n) is 16.4. The first-order valence-electron chi connectivity index (χ1n) is 9.97. The van der Waals surface area contributed by atoms with Crippen molar-refractivity contribution in [1.29, 1.82) is 0 Å². The summed E-state index contributed by atoms with van der Waals surface area (Å²) < 4.78 is 10.5. The lowest BCUT2D eigenvalue weighted by Crippen LogP contribution is -2.34. The molecule has 2 aromatic rings. The highest BCUT2D eigenvalue weighted by Crippen LogP contribution is 2.32.